The maximum absolute atomic E-state index is 13.5. The lowest BCUT2D eigenvalue weighted by Gasteiger charge is -2.39. The number of ether oxygens (including phenoxy) is 2. The first-order valence-corrected chi connectivity index (χ1v) is 10.5. The molecule has 0 radical (unpaired) electrons. The summed E-state index contributed by atoms with van der Waals surface area (Å²) < 4.78 is 11.5. The molecule has 0 spiro atoms. The van der Waals surface area contributed by atoms with E-state index >= 15 is 0 Å². The molecule has 2 aliphatic heterocycles. The molecule has 1 aromatic heterocycles. The highest BCUT2D eigenvalue weighted by atomic mass is 35.5. The fourth-order valence-electron chi connectivity index (χ4n) is 3.97. The minimum absolute atomic E-state index is 0.112. The Hall–Kier alpha value is -2.15. The number of hydrogen-bond acceptors (Lipinski definition) is 5. The van der Waals surface area contributed by atoms with Gasteiger partial charge in [0.15, 0.2) is 0 Å². The molecule has 6 nitrogen and oxygen atoms in total. The van der Waals surface area contributed by atoms with E-state index in [9.17, 15) is 4.79 Å². The maximum Gasteiger partial charge on any atom is 0.244 e. The minimum Gasteiger partial charge on any atom is -0.489 e. The zero-order valence-corrected chi connectivity index (χ0v) is 17.1. The summed E-state index contributed by atoms with van der Waals surface area (Å²) >= 11 is 6.07. The molecule has 154 valence electrons. The fraction of sp³-hybridized carbons (Fsp3) is 0.455. The molecule has 1 aromatic carbocycles. The zero-order valence-electron chi connectivity index (χ0n) is 16.4. The first kappa shape index (κ1) is 20.1. The standard InChI is InChI=1S/C22H26ClN3O3/c23-18-5-3-17(4-6-18)21(25-12-14-28-15-13-25)22(27)26-10-7-19(8-11-26)29-20-2-1-9-24-16-20/h1-6,9,16,19,21H,7-8,10-15H2. The molecule has 29 heavy (non-hydrogen) atoms. The van der Waals surface area contributed by atoms with Crippen LogP contribution in [0.2, 0.25) is 5.02 Å². The van der Waals surface area contributed by atoms with Crippen molar-refractivity contribution in [1.29, 1.82) is 0 Å². The summed E-state index contributed by atoms with van der Waals surface area (Å²) in [6, 6.07) is 11.1. The summed E-state index contributed by atoms with van der Waals surface area (Å²) in [5, 5.41) is 0.676. The molecule has 2 aromatic rings. The predicted octanol–water partition coefficient (Wildman–Crippen LogP) is 3.18. The van der Waals surface area contributed by atoms with Crippen molar-refractivity contribution in [1.82, 2.24) is 14.8 Å². The third-order valence-corrected chi connectivity index (χ3v) is 5.77. The smallest absolute Gasteiger partial charge is 0.244 e. The van der Waals surface area contributed by atoms with Gasteiger partial charge in [-0.25, -0.2) is 0 Å². The topological polar surface area (TPSA) is 54.9 Å². The van der Waals surface area contributed by atoms with Gasteiger partial charge in [0.1, 0.15) is 17.9 Å². The number of carbonyl (C=O) groups excluding carboxylic acids is 1. The summed E-state index contributed by atoms with van der Waals surface area (Å²) in [7, 11) is 0. The normalized spacial score (nSPS) is 19.7. The number of benzene rings is 1. The van der Waals surface area contributed by atoms with Crippen molar-refractivity contribution >= 4 is 17.5 Å². The van der Waals surface area contributed by atoms with Crippen molar-refractivity contribution in [2.75, 3.05) is 39.4 Å². The minimum atomic E-state index is -0.299. The number of aromatic nitrogens is 1. The number of hydrogen-bond donors (Lipinski definition) is 0. The Morgan fingerprint density at radius 3 is 2.48 bits per heavy atom. The van der Waals surface area contributed by atoms with Crippen LogP contribution < -0.4 is 4.74 Å². The largest absolute Gasteiger partial charge is 0.489 e. The first-order valence-electron chi connectivity index (χ1n) is 10.1. The molecule has 1 unspecified atom stereocenters. The molecule has 1 amide bonds. The van der Waals surface area contributed by atoms with Gasteiger partial charge < -0.3 is 14.4 Å². The van der Waals surface area contributed by atoms with Crippen LogP contribution in [0.1, 0.15) is 24.4 Å². The van der Waals surface area contributed by atoms with Gasteiger partial charge in [-0.15, -0.1) is 0 Å². The molecular formula is C22H26ClN3O3. The Morgan fingerprint density at radius 2 is 1.83 bits per heavy atom. The van der Waals surface area contributed by atoms with E-state index < -0.39 is 0 Å². The van der Waals surface area contributed by atoms with E-state index in [1.54, 1.807) is 12.4 Å². The summed E-state index contributed by atoms with van der Waals surface area (Å²) in [6.45, 7) is 4.19. The highest BCUT2D eigenvalue weighted by Gasteiger charge is 2.34. The second-order valence-electron chi connectivity index (χ2n) is 7.43. The molecule has 2 aliphatic rings. The predicted molar refractivity (Wildman–Crippen MR) is 111 cm³/mol. The molecule has 0 saturated carbocycles. The molecule has 4 rings (SSSR count). The average molecular weight is 416 g/mol. The highest BCUT2D eigenvalue weighted by Crippen LogP contribution is 2.28. The summed E-state index contributed by atoms with van der Waals surface area (Å²) in [5.74, 6) is 0.929. The second-order valence-corrected chi connectivity index (χ2v) is 7.87. The van der Waals surface area contributed by atoms with Gasteiger partial charge in [-0.05, 0) is 29.8 Å². The van der Waals surface area contributed by atoms with Crippen LogP contribution in [0.25, 0.3) is 0 Å². The van der Waals surface area contributed by atoms with Crippen LogP contribution in [-0.4, -0.2) is 66.2 Å². The van der Waals surface area contributed by atoms with Gasteiger partial charge in [-0.1, -0.05) is 23.7 Å². The van der Waals surface area contributed by atoms with Gasteiger partial charge >= 0.3 is 0 Å². The van der Waals surface area contributed by atoms with Crippen LogP contribution in [0, 0.1) is 0 Å². The molecule has 0 bridgehead atoms. The third-order valence-electron chi connectivity index (χ3n) is 5.52. The van der Waals surface area contributed by atoms with Crippen molar-refractivity contribution in [3.05, 3.63) is 59.4 Å². The number of amides is 1. The Kier molecular flexibility index (Phi) is 6.64. The number of carbonyl (C=O) groups is 1. The Balaban J connectivity index is 1.43. The zero-order chi connectivity index (χ0) is 20.1. The molecular weight excluding hydrogens is 390 g/mol. The van der Waals surface area contributed by atoms with Crippen LogP contribution in [0.3, 0.4) is 0 Å². The van der Waals surface area contributed by atoms with E-state index in [1.165, 1.54) is 0 Å². The van der Waals surface area contributed by atoms with Gasteiger partial charge in [-0.3, -0.25) is 14.7 Å². The van der Waals surface area contributed by atoms with Crippen molar-refractivity contribution in [2.24, 2.45) is 0 Å². The van der Waals surface area contributed by atoms with Crippen LogP contribution >= 0.6 is 11.6 Å². The number of morpholine rings is 1. The van der Waals surface area contributed by atoms with E-state index in [0.717, 1.165) is 37.2 Å². The average Bonchev–Trinajstić information content (AvgIpc) is 2.77. The van der Waals surface area contributed by atoms with Crippen LogP contribution in [0.15, 0.2) is 48.8 Å². The lowest BCUT2D eigenvalue weighted by molar-refractivity contribution is -0.141. The number of piperidine rings is 1. The molecule has 3 heterocycles. The van der Waals surface area contributed by atoms with Gasteiger partial charge in [0.25, 0.3) is 0 Å². The van der Waals surface area contributed by atoms with Gasteiger partial charge in [0, 0.05) is 50.2 Å². The number of rotatable bonds is 5. The summed E-state index contributed by atoms with van der Waals surface area (Å²) in [4.78, 5) is 21.8. The van der Waals surface area contributed by atoms with Gasteiger partial charge in [0.05, 0.1) is 19.4 Å². The number of likely N-dealkylation sites (tertiary alicyclic amines) is 1. The third kappa shape index (κ3) is 5.07. The molecule has 0 aliphatic carbocycles. The van der Waals surface area contributed by atoms with Crippen LogP contribution in [0.5, 0.6) is 5.75 Å². The highest BCUT2D eigenvalue weighted by molar-refractivity contribution is 6.30. The van der Waals surface area contributed by atoms with E-state index in [0.29, 0.717) is 31.3 Å². The molecule has 7 heteroatoms. The monoisotopic (exact) mass is 415 g/mol. The number of nitrogens with zero attached hydrogens (tertiary/aromatic N) is 3. The Bertz CT molecular complexity index is 789. The quantitative estimate of drug-likeness (QED) is 0.750. The lowest BCUT2D eigenvalue weighted by Crippen LogP contribution is -2.50. The number of halogens is 1. The van der Waals surface area contributed by atoms with E-state index in [1.807, 2.05) is 41.3 Å². The summed E-state index contributed by atoms with van der Waals surface area (Å²) in [6.07, 6.45) is 5.21. The van der Waals surface area contributed by atoms with Crippen molar-refractivity contribution in [3.8, 4) is 5.75 Å². The van der Waals surface area contributed by atoms with Crippen LogP contribution in [-0.2, 0) is 9.53 Å². The van der Waals surface area contributed by atoms with Crippen molar-refractivity contribution in [2.45, 2.75) is 25.0 Å². The molecule has 0 N–H and O–H groups in total. The van der Waals surface area contributed by atoms with Crippen molar-refractivity contribution in [3.63, 3.8) is 0 Å². The maximum atomic E-state index is 13.5. The van der Waals surface area contributed by atoms with Crippen molar-refractivity contribution < 1.29 is 14.3 Å². The Labute approximate surface area is 176 Å². The number of pyridine rings is 1. The van der Waals surface area contributed by atoms with E-state index in [4.69, 9.17) is 21.1 Å². The van der Waals surface area contributed by atoms with Gasteiger partial charge in [-0.2, -0.15) is 0 Å². The fourth-order valence-corrected chi connectivity index (χ4v) is 4.09. The summed E-state index contributed by atoms with van der Waals surface area (Å²) in [5.41, 5.74) is 0.982. The molecule has 2 fully saturated rings. The van der Waals surface area contributed by atoms with E-state index in [-0.39, 0.29) is 18.1 Å². The SMILES string of the molecule is O=C(C(c1ccc(Cl)cc1)N1CCOCC1)N1CCC(Oc2cccnc2)CC1. The van der Waals surface area contributed by atoms with Crippen LogP contribution in [0.4, 0.5) is 0 Å². The second kappa shape index (κ2) is 9.57. The van der Waals surface area contributed by atoms with E-state index in [2.05, 4.69) is 9.88 Å². The molecule has 1 atom stereocenters. The first-order chi connectivity index (χ1) is 14.2. The van der Waals surface area contributed by atoms with Gasteiger partial charge in [0.2, 0.25) is 5.91 Å². The lowest BCUT2D eigenvalue weighted by atomic mass is 10.0. The molecule has 2 saturated heterocycles. The Morgan fingerprint density at radius 1 is 1.10 bits per heavy atom.